The Balaban J connectivity index is 0.00000294. The normalized spacial score (nSPS) is 17.8. The second-order valence-electron chi connectivity index (χ2n) is 8.75. The van der Waals surface area contributed by atoms with Crippen molar-refractivity contribution in [1.29, 1.82) is 0 Å². The molecule has 2 aliphatic rings. The molecule has 2 aliphatic carbocycles. The minimum Gasteiger partial charge on any atom is -0.736 e. The first-order valence-electron chi connectivity index (χ1n) is 11.9. The maximum absolute atomic E-state index is 13.5. The maximum atomic E-state index is 13.5. The van der Waals surface area contributed by atoms with Crippen molar-refractivity contribution in [2.45, 2.75) is 0 Å². The molecule has 6 rings (SSSR count). The van der Waals surface area contributed by atoms with Crippen molar-refractivity contribution in [3.05, 3.63) is 142 Å². The number of hydrogen-bond donors (Lipinski definition) is 0. The molecule has 0 saturated heterocycles. The molecule has 0 amide bonds. The molecule has 0 aromatic heterocycles. The summed E-state index contributed by atoms with van der Waals surface area (Å²) < 4.78 is 24.9. The van der Waals surface area contributed by atoms with Gasteiger partial charge in [-0.05, 0) is 45.5 Å². The van der Waals surface area contributed by atoms with Crippen molar-refractivity contribution >= 4 is 55.8 Å². The number of fused-ring (bicyclic) bond motifs is 4. The SMILES string of the molecule is O=P([O-])(O/C1=C/c2ccccc2/C=C\c2ccccc21)O/C1=C/c2ccccc2/C=C\c2ccccc21.[Na+]. The van der Waals surface area contributed by atoms with E-state index in [1.54, 1.807) is 12.2 Å². The summed E-state index contributed by atoms with van der Waals surface area (Å²) in [6, 6.07) is 30.5. The standard InChI is InChI=1S/C32H23O4P.Na/c33-37(34,35-31-21-27-13-3-1-9-23(27)17-19-25-11-5-7-15-29(25)31)36-32-22-28-14-4-2-10-24(28)18-20-26-12-6-8-16-30(26)32;/h1-22H,(H,33,34);/q;+1/p-1/b19-17-,20-18-,23-17?,24-18?,25-19?,26-20?,27-21?,28-22?,31-21+,31-29?,32-22+,32-30?;. The van der Waals surface area contributed by atoms with E-state index in [4.69, 9.17) is 9.05 Å². The van der Waals surface area contributed by atoms with Crippen molar-refractivity contribution in [2.75, 3.05) is 0 Å². The fourth-order valence-electron chi connectivity index (χ4n) is 4.53. The van der Waals surface area contributed by atoms with Crippen LogP contribution < -0.4 is 34.5 Å². The van der Waals surface area contributed by atoms with E-state index in [2.05, 4.69) is 0 Å². The minimum absolute atomic E-state index is 0. The monoisotopic (exact) mass is 524 g/mol. The summed E-state index contributed by atoms with van der Waals surface area (Å²) >= 11 is 0. The van der Waals surface area contributed by atoms with Crippen molar-refractivity contribution in [1.82, 2.24) is 0 Å². The largest absolute Gasteiger partial charge is 1.00 e. The Morgan fingerprint density at radius 3 is 1.21 bits per heavy atom. The van der Waals surface area contributed by atoms with Gasteiger partial charge in [-0.1, -0.05) is 121 Å². The third-order valence-corrected chi connectivity index (χ3v) is 7.16. The zero-order chi connectivity index (χ0) is 25.2. The fraction of sp³-hybridized carbons (Fsp3) is 0. The number of hydrogen-bond acceptors (Lipinski definition) is 4. The molecule has 4 nitrogen and oxygen atoms in total. The molecule has 0 saturated carbocycles. The summed E-state index contributed by atoms with van der Waals surface area (Å²) in [6.07, 6.45) is 11.4. The maximum Gasteiger partial charge on any atom is 1.00 e. The number of rotatable bonds is 4. The van der Waals surface area contributed by atoms with E-state index in [1.807, 2.05) is 121 Å². The second kappa shape index (κ2) is 11.2. The smallest absolute Gasteiger partial charge is 0.736 e. The Labute approximate surface area is 244 Å². The first-order chi connectivity index (χ1) is 18.1. The average molecular weight is 524 g/mol. The molecule has 0 radical (unpaired) electrons. The van der Waals surface area contributed by atoms with Crippen LogP contribution in [0.15, 0.2) is 97.1 Å². The molecule has 0 aliphatic heterocycles. The second-order valence-corrected chi connectivity index (χ2v) is 10.0. The van der Waals surface area contributed by atoms with Crippen LogP contribution in [-0.2, 0) is 13.6 Å². The Morgan fingerprint density at radius 1 is 0.474 bits per heavy atom. The minimum atomic E-state index is -4.87. The zero-order valence-corrected chi connectivity index (χ0v) is 23.7. The molecule has 38 heavy (non-hydrogen) atoms. The van der Waals surface area contributed by atoms with Crippen molar-refractivity contribution in [2.24, 2.45) is 0 Å². The Hall–Kier alpha value is -3.37. The fourth-order valence-corrected chi connectivity index (χ4v) is 5.35. The topological polar surface area (TPSA) is 58.6 Å². The van der Waals surface area contributed by atoms with Gasteiger partial charge in [-0.3, -0.25) is 0 Å². The average Bonchev–Trinajstić information content (AvgIpc) is 2.89. The van der Waals surface area contributed by atoms with E-state index in [0.29, 0.717) is 11.1 Å². The molecule has 0 heterocycles. The van der Waals surface area contributed by atoms with Gasteiger partial charge in [-0.25, -0.2) is 4.57 Å². The van der Waals surface area contributed by atoms with Crippen LogP contribution in [0.4, 0.5) is 0 Å². The van der Waals surface area contributed by atoms with Gasteiger partial charge < -0.3 is 13.9 Å². The van der Waals surface area contributed by atoms with E-state index in [1.165, 1.54) is 0 Å². The van der Waals surface area contributed by atoms with Gasteiger partial charge >= 0.3 is 37.4 Å². The van der Waals surface area contributed by atoms with Crippen LogP contribution in [0.5, 0.6) is 0 Å². The predicted octanol–water partition coefficient (Wildman–Crippen LogP) is 4.86. The van der Waals surface area contributed by atoms with E-state index < -0.39 is 7.82 Å². The van der Waals surface area contributed by atoms with Crippen LogP contribution in [0, 0.1) is 0 Å². The zero-order valence-electron chi connectivity index (χ0n) is 20.8. The molecule has 6 heteroatoms. The third kappa shape index (κ3) is 5.56. The van der Waals surface area contributed by atoms with E-state index >= 15 is 0 Å². The van der Waals surface area contributed by atoms with Crippen molar-refractivity contribution in [3.8, 4) is 0 Å². The molecular weight excluding hydrogens is 502 g/mol. The molecule has 4 aromatic rings. The molecule has 0 atom stereocenters. The summed E-state index contributed by atoms with van der Waals surface area (Å²) in [6.45, 7) is 0. The van der Waals surface area contributed by atoms with E-state index in [0.717, 1.165) is 33.4 Å². The van der Waals surface area contributed by atoms with Crippen molar-refractivity contribution in [3.63, 3.8) is 0 Å². The molecule has 180 valence electrons. The van der Waals surface area contributed by atoms with E-state index in [9.17, 15) is 9.46 Å². The van der Waals surface area contributed by atoms with Gasteiger partial charge in [0.2, 0.25) is 0 Å². The van der Waals surface area contributed by atoms with Crippen molar-refractivity contribution < 1.29 is 48.1 Å². The van der Waals surface area contributed by atoms with Gasteiger partial charge in [0, 0.05) is 11.1 Å². The van der Waals surface area contributed by atoms with Gasteiger partial charge in [0.05, 0.1) is 0 Å². The first-order valence-corrected chi connectivity index (χ1v) is 13.4. The molecule has 0 bridgehead atoms. The predicted molar refractivity (Wildman–Crippen MR) is 149 cm³/mol. The summed E-state index contributed by atoms with van der Waals surface area (Å²) in [7, 11) is -4.87. The summed E-state index contributed by atoms with van der Waals surface area (Å²) in [4.78, 5) is 13.5. The molecule has 0 N–H and O–H groups in total. The summed E-state index contributed by atoms with van der Waals surface area (Å²) in [5, 5.41) is 0. The Morgan fingerprint density at radius 2 is 0.789 bits per heavy atom. The van der Waals surface area contributed by atoms with Crippen LogP contribution in [-0.4, -0.2) is 0 Å². The molecular formula is C32H22NaO4P. The quantitative estimate of drug-likeness (QED) is 0.283. The van der Waals surface area contributed by atoms with Crippen LogP contribution in [0.1, 0.15) is 44.5 Å². The van der Waals surface area contributed by atoms with Gasteiger partial charge in [0.1, 0.15) is 11.5 Å². The van der Waals surface area contributed by atoms with E-state index in [-0.39, 0.29) is 41.1 Å². The van der Waals surface area contributed by atoms with Gasteiger partial charge in [-0.15, -0.1) is 0 Å². The molecule has 0 spiro atoms. The summed E-state index contributed by atoms with van der Waals surface area (Å²) in [5.74, 6) is 0.400. The van der Waals surface area contributed by atoms with Crippen LogP contribution >= 0.6 is 7.82 Å². The summed E-state index contributed by atoms with van der Waals surface area (Å²) in [5.41, 5.74) is 6.62. The van der Waals surface area contributed by atoms with Crippen LogP contribution in [0.2, 0.25) is 0 Å². The number of phosphoric acid groups is 1. The number of benzene rings is 4. The molecule has 0 unspecified atom stereocenters. The molecule has 4 aromatic carbocycles. The molecule has 0 fully saturated rings. The van der Waals surface area contributed by atoms with Gasteiger partial charge in [0.25, 0.3) is 0 Å². The van der Waals surface area contributed by atoms with Gasteiger partial charge in [0.15, 0.2) is 0 Å². The van der Waals surface area contributed by atoms with Gasteiger partial charge in [-0.2, -0.15) is 0 Å². The Kier molecular flexibility index (Phi) is 7.71. The third-order valence-electron chi connectivity index (χ3n) is 6.32. The van der Waals surface area contributed by atoms with Crippen LogP contribution in [0.25, 0.3) is 48.0 Å². The van der Waals surface area contributed by atoms with Crippen LogP contribution in [0.3, 0.4) is 0 Å². The first kappa shape index (κ1) is 26.2. The Bertz CT molecular complexity index is 1560. The number of phosphoric ester groups is 1.